The van der Waals surface area contributed by atoms with E-state index >= 15 is 0 Å². The summed E-state index contributed by atoms with van der Waals surface area (Å²) in [5.74, 6) is 5.27. The van der Waals surface area contributed by atoms with E-state index in [-0.39, 0.29) is 5.78 Å². The van der Waals surface area contributed by atoms with Crippen molar-refractivity contribution >= 4 is 5.78 Å². The van der Waals surface area contributed by atoms with Gasteiger partial charge in [-0.3, -0.25) is 9.69 Å². The number of rotatable bonds is 3. The Morgan fingerprint density at radius 3 is 2.27 bits per heavy atom. The Kier molecular flexibility index (Phi) is 5.50. The highest BCUT2D eigenvalue weighted by Gasteiger charge is 1.93. The van der Waals surface area contributed by atoms with Gasteiger partial charge < -0.3 is 0 Å². The Balaban J connectivity index is 3.69. The predicted octanol–water partition coefficient (Wildman–Crippen LogP) is 0.921. The summed E-state index contributed by atoms with van der Waals surface area (Å²) < 4.78 is 0. The molecule has 0 aromatic carbocycles. The molecule has 62 valence electrons. The first-order chi connectivity index (χ1) is 5.20. The van der Waals surface area contributed by atoms with Gasteiger partial charge in [-0.05, 0) is 19.0 Å². The summed E-state index contributed by atoms with van der Waals surface area (Å²) in [7, 11) is 0. The van der Waals surface area contributed by atoms with Gasteiger partial charge in [0.2, 0.25) is 5.78 Å². The van der Waals surface area contributed by atoms with Crippen LogP contribution in [0.25, 0.3) is 0 Å². The van der Waals surface area contributed by atoms with E-state index in [0.717, 1.165) is 13.1 Å². The fourth-order valence-electron chi connectivity index (χ4n) is 0.723. The van der Waals surface area contributed by atoms with Gasteiger partial charge in [0, 0.05) is 6.92 Å². The number of carbonyl (C=O) groups is 1. The van der Waals surface area contributed by atoms with Crippen molar-refractivity contribution in [1.29, 1.82) is 0 Å². The smallest absolute Gasteiger partial charge is 0.202 e. The lowest BCUT2D eigenvalue weighted by Gasteiger charge is -2.12. The maximum Gasteiger partial charge on any atom is 0.202 e. The lowest BCUT2D eigenvalue weighted by atomic mass is 10.4. The molecule has 0 aliphatic carbocycles. The van der Waals surface area contributed by atoms with Gasteiger partial charge in [-0.2, -0.15) is 0 Å². The van der Waals surface area contributed by atoms with Crippen LogP contribution in [0.15, 0.2) is 0 Å². The Labute approximate surface area is 68.6 Å². The monoisotopic (exact) mass is 153 g/mol. The van der Waals surface area contributed by atoms with E-state index in [1.807, 2.05) is 0 Å². The molecule has 2 heteroatoms. The van der Waals surface area contributed by atoms with E-state index in [9.17, 15) is 4.79 Å². The third kappa shape index (κ3) is 5.63. The zero-order valence-electron chi connectivity index (χ0n) is 7.48. The molecular formula is C9H15NO. The van der Waals surface area contributed by atoms with Crippen LogP contribution >= 0.6 is 0 Å². The molecule has 0 unspecified atom stereocenters. The van der Waals surface area contributed by atoms with Crippen LogP contribution in [0.3, 0.4) is 0 Å². The lowest BCUT2D eigenvalue weighted by Crippen LogP contribution is -2.22. The molecule has 0 saturated heterocycles. The zero-order valence-corrected chi connectivity index (χ0v) is 7.48. The second-order valence-corrected chi connectivity index (χ2v) is 2.32. The second-order valence-electron chi connectivity index (χ2n) is 2.32. The molecule has 0 saturated carbocycles. The molecule has 0 atom stereocenters. The number of hydrogen-bond donors (Lipinski definition) is 0. The highest BCUT2D eigenvalue weighted by atomic mass is 16.1. The van der Waals surface area contributed by atoms with Gasteiger partial charge in [-0.15, -0.1) is 0 Å². The topological polar surface area (TPSA) is 20.3 Å². The number of carbonyl (C=O) groups excluding carboxylic acids is 1. The van der Waals surface area contributed by atoms with Crippen molar-refractivity contribution in [1.82, 2.24) is 4.90 Å². The standard InChI is InChI=1S/C9H15NO/c1-4-10(5-2)8-6-7-9(3)11/h4-5,8H2,1-3H3. The fourth-order valence-corrected chi connectivity index (χ4v) is 0.723. The molecule has 0 radical (unpaired) electrons. The van der Waals surface area contributed by atoms with Crippen molar-refractivity contribution in [3.05, 3.63) is 0 Å². The van der Waals surface area contributed by atoms with E-state index in [0.29, 0.717) is 6.54 Å². The van der Waals surface area contributed by atoms with Gasteiger partial charge in [0.25, 0.3) is 0 Å². The van der Waals surface area contributed by atoms with Crippen LogP contribution in [0.4, 0.5) is 0 Å². The Morgan fingerprint density at radius 1 is 1.36 bits per heavy atom. The van der Waals surface area contributed by atoms with Crippen molar-refractivity contribution in [2.45, 2.75) is 20.8 Å². The van der Waals surface area contributed by atoms with Crippen LogP contribution in [0.5, 0.6) is 0 Å². The summed E-state index contributed by atoms with van der Waals surface area (Å²) in [6.07, 6.45) is 0. The van der Waals surface area contributed by atoms with Crippen molar-refractivity contribution < 1.29 is 4.79 Å². The number of hydrogen-bond acceptors (Lipinski definition) is 2. The fraction of sp³-hybridized carbons (Fsp3) is 0.667. The summed E-state index contributed by atoms with van der Waals surface area (Å²) in [4.78, 5) is 12.6. The number of nitrogens with zero attached hydrogens (tertiary/aromatic N) is 1. The minimum Gasteiger partial charge on any atom is -0.293 e. The van der Waals surface area contributed by atoms with Crippen LogP contribution in [0.1, 0.15) is 20.8 Å². The van der Waals surface area contributed by atoms with E-state index in [2.05, 4.69) is 30.6 Å². The minimum atomic E-state index is -0.0582. The van der Waals surface area contributed by atoms with Crippen molar-refractivity contribution in [2.24, 2.45) is 0 Å². The Bertz CT molecular complexity index is 172. The van der Waals surface area contributed by atoms with E-state index in [1.54, 1.807) is 0 Å². The summed E-state index contributed by atoms with van der Waals surface area (Å²) in [5.41, 5.74) is 0. The third-order valence-electron chi connectivity index (χ3n) is 1.46. The van der Waals surface area contributed by atoms with Crippen molar-refractivity contribution in [3.63, 3.8) is 0 Å². The molecule has 2 nitrogen and oxygen atoms in total. The second kappa shape index (κ2) is 5.94. The molecular weight excluding hydrogens is 138 g/mol. The summed E-state index contributed by atoms with van der Waals surface area (Å²) in [5, 5.41) is 0. The highest BCUT2D eigenvalue weighted by Crippen LogP contribution is 1.83. The Morgan fingerprint density at radius 2 is 1.91 bits per heavy atom. The molecule has 0 aromatic heterocycles. The van der Waals surface area contributed by atoms with Gasteiger partial charge >= 0.3 is 0 Å². The molecule has 0 bridgehead atoms. The third-order valence-corrected chi connectivity index (χ3v) is 1.46. The maximum absolute atomic E-state index is 10.4. The molecule has 0 spiro atoms. The molecule has 0 rings (SSSR count). The van der Waals surface area contributed by atoms with E-state index < -0.39 is 0 Å². The largest absolute Gasteiger partial charge is 0.293 e. The van der Waals surface area contributed by atoms with Gasteiger partial charge in [0.15, 0.2) is 0 Å². The van der Waals surface area contributed by atoms with E-state index in [1.165, 1.54) is 6.92 Å². The first-order valence-corrected chi connectivity index (χ1v) is 3.92. The molecule has 0 aliphatic heterocycles. The SMILES string of the molecule is CCN(CC)CC#CC(C)=O. The summed E-state index contributed by atoms with van der Waals surface area (Å²) in [6.45, 7) is 8.33. The minimum absolute atomic E-state index is 0.0582. The predicted molar refractivity (Wildman–Crippen MR) is 46.2 cm³/mol. The Hall–Kier alpha value is -0.810. The average molecular weight is 153 g/mol. The van der Waals surface area contributed by atoms with Gasteiger partial charge in [-0.1, -0.05) is 19.8 Å². The van der Waals surface area contributed by atoms with Crippen molar-refractivity contribution in [2.75, 3.05) is 19.6 Å². The molecule has 0 N–H and O–H groups in total. The molecule has 0 amide bonds. The zero-order chi connectivity index (χ0) is 8.69. The molecule has 11 heavy (non-hydrogen) atoms. The lowest BCUT2D eigenvalue weighted by molar-refractivity contribution is -0.111. The van der Waals surface area contributed by atoms with Gasteiger partial charge in [-0.25, -0.2) is 0 Å². The van der Waals surface area contributed by atoms with Crippen LogP contribution in [0, 0.1) is 11.8 Å². The summed E-state index contributed by atoms with van der Waals surface area (Å²) in [6, 6.07) is 0. The molecule has 0 heterocycles. The molecule has 0 aliphatic rings. The maximum atomic E-state index is 10.4. The van der Waals surface area contributed by atoms with Crippen LogP contribution in [0.2, 0.25) is 0 Å². The van der Waals surface area contributed by atoms with Crippen molar-refractivity contribution in [3.8, 4) is 11.8 Å². The first kappa shape index (κ1) is 10.2. The quantitative estimate of drug-likeness (QED) is 0.444. The first-order valence-electron chi connectivity index (χ1n) is 3.92. The normalized spacial score (nSPS) is 9.09. The molecule has 0 aromatic rings. The highest BCUT2D eigenvalue weighted by molar-refractivity contribution is 5.93. The molecule has 0 fully saturated rings. The van der Waals surface area contributed by atoms with E-state index in [4.69, 9.17) is 0 Å². The summed E-state index contributed by atoms with van der Waals surface area (Å²) >= 11 is 0. The number of Topliss-reactive ketones (excluding diaryl/α,β-unsaturated/α-hetero) is 1. The van der Waals surface area contributed by atoms with Gasteiger partial charge in [0.1, 0.15) is 0 Å². The van der Waals surface area contributed by atoms with Crippen LogP contribution in [-0.2, 0) is 4.79 Å². The average Bonchev–Trinajstić information content (AvgIpc) is 1.98. The number of ketones is 1. The van der Waals surface area contributed by atoms with Gasteiger partial charge in [0.05, 0.1) is 6.54 Å². The van der Waals surface area contributed by atoms with Crippen LogP contribution in [-0.4, -0.2) is 30.3 Å². The van der Waals surface area contributed by atoms with Crippen LogP contribution < -0.4 is 0 Å².